The van der Waals surface area contributed by atoms with Crippen LogP contribution >= 0.6 is 0 Å². The average molecular weight is 454 g/mol. The lowest BCUT2D eigenvalue weighted by Gasteiger charge is -2.18. The van der Waals surface area contributed by atoms with Crippen LogP contribution in [0.2, 0.25) is 0 Å². The number of benzene rings is 3. The van der Waals surface area contributed by atoms with Gasteiger partial charge in [-0.25, -0.2) is 4.98 Å². The summed E-state index contributed by atoms with van der Waals surface area (Å²) in [5.41, 5.74) is 4.29. The molecule has 0 spiro atoms. The zero-order valence-corrected chi connectivity index (χ0v) is 19.9. The zero-order chi connectivity index (χ0) is 23.5. The number of aromatic nitrogens is 2. The fourth-order valence-electron chi connectivity index (χ4n) is 4.87. The average Bonchev–Trinajstić information content (AvgIpc) is 3.43. The predicted molar refractivity (Wildman–Crippen MR) is 137 cm³/mol. The van der Waals surface area contributed by atoms with Crippen LogP contribution in [0.4, 0.5) is 5.69 Å². The van der Waals surface area contributed by atoms with Gasteiger partial charge in [-0.2, -0.15) is 0 Å². The van der Waals surface area contributed by atoms with Crippen molar-refractivity contribution >= 4 is 22.6 Å². The van der Waals surface area contributed by atoms with Crippen molar-refractivity contribution in [3.05, 3.63) is 90.3 Å². The SMILES string of the molecule is CC(C)c1ccccc1OCCCn1c(C2CC(=O)N(c3ccccc3)C2)nc2ccccc21. The number of hydrogen-bond acceptors (Lipinski definition) is 3. The van der Waals surface area contributed by atoms with Gasteiger partial charge in [0.15, 0.2) is 0 Å². The van der Waals surface area contributed by atoms with E-state index in [0.29, 0.717) is 25.5 Å². The first-order chi connectivity index (χ1) is 16.6. The van der Waals surface area contributed by atoms with Crippen LogP contribution in [0.1, 0.15) is 49.9 Å². The van der Waals surface area contributed by atoms with Crippen LogP contribution in [0.5, 0.6) is 5.75 Å². The van der Waals surface area contributed by atoms with Gasteiger partial charge in [0, 0.05) is 31.1 Å². The Balaban J connectivity index is 1.34. The lowest BCUT2D eigenvalue weighted by Crippen LogP contribution is -2.24. The first-order valence-electron chi connectivity index (χ1n) is 12.1. The third-order valence-electron chi connectivity index (χ3n) is 6.57. The number of amides is 1. The molecule has 1 amide bonds. The van der Waals surface area contributed by atoms with Gasteiger partial charge in [-0.1, -0.05) is 62.4 Å². The number of para-hydroxylation sites is 4. The highest BCUT2D eigenvalue weighted by Crippen LogP contribution is 2.33. The number of anilines is 1. The number of aryl methyl sites for hydroxylation is 1. The van der Waals surface area contributed by atoms with E-state index in [9.17, 15) is 4.79 Å². The van der Waals surface area contributed by atoms with Crippen LogP contribution in [-0.2, 0) is 11.3 Å². The van der Waals surface area contributed by atoms with Gasteiger partial charge in [-0.15, -0.1) is 0 Å². The number of hydrogen-bond donors (Lipinski definition) is 0. The lowest BCUT2D eigenvalue weighted by molar-refractivity contribution is -0.117. The van der Waals surface area contributed by atoms with E-state index in [1.807, 2.05) is 47.4 Å². The minimum Gasteiger partial charge on any atom is -0.493 e. The fourth-order valence-corrected chi connectivity index (χ4v) is 4.87. The highest BCUT2D eigenvalue weighted by Gasteiger charge is 2.34. The van der Waals surface area contributed by atoms with E-state index >= 15 is 0 Å². The van der Waals surface area contributed by atoms with Crippen molar-refractivity contribution in [3.8, 4) is 5.75 Å². The fraction of sp³-hybridized carbons (Fsp3) is 0.310. The number of nitrogens with zero attached hydrogens (tertiary/aromatic N) is 3. The van der Waals surface area contributed by atoms with Crippen LogP contribution < -0.4 is 9.64 Å². The first-order valence-corrected chi connectivity index (χ1v) is 12.1. The molecule has 1 atom stereocenters. The molecule has 1 unspecified atom stereocenters. The lowest BCUT2D eigenvalue weighted by atomic mass is 10.0. The zero-order valence-electron chi connectivity index (χ0n) is 19.9. The monoisotopic (exact) mass is 453 g/mol. The van der Waals surface area contributed by atoms with Gasteiger partial charge in [0.05, 0.1) is 17.6 Å². The van der Waals surface area contributed by atoms with Crippen molar-refractivity contribution in [2.45, 2.75) is 45.1 Å². The summed E-state index contributed by atoms with van der Waals surface area (Å²) in [4.78, 5) is 19.7. The Kier molecular flexibility index (Phi) is 6.35. The Morgan fingerprint density at radius 1 is 0.971 bits per heavy atom. The molecule has 0 aliphatic carbocycles. The highest BCUT2D eigenvalue weighted by molar-refractivity contribution is 5.96. The van der Waals surface area contributed by atoms with E-state index in [-0.39, 0.29) is 11.8 Å². The second-order valence-electron chi connectivity index (χ2n) is 9.25. The van der Waals surface area contributed by atoms with E-state index in [1.54, 1.807) is 0 Å². The first kappa shape index (κ1) is 22.2. The smallest absolute Gasteiger partial charge is 0.227 e. The molecule has 5 rings (SSSR count). The molecule has 1 fully saturated rings. The summed E-state index contributed by atoms with van der Waals surface area (Å²) in [5, 5.41) is 0. The summed E-state index contributed by atoms with van der Waals surface area (Å²) in [5.74, 6) is 2.61. The van der Waals surface area contributed by atoms with Crippen molar-refractivity contribution in [2.24, 2.45) is 0 Å². The maximum atomic E-state index is 12.9. The minimum absolute atomic E-state index is 0.0719. The van der Waals surface area contributed by atoms with Gasteiger partial charge in [0.1, 0.15) is 11.6 Å². The molecule has 4 aromatic rings. The van der Waals surface area contributed by atoms with Crippen molar-refractivity contribution in [2.75, 3.05) is 18.1 Å². The van der Waals surface area contributed by atoms with Crippen molar-refractivity contribution in [1.82, 2.24) is 9.55 Å². The van der Waals surface area contributed by atoms with Gasteiger partial charge in [0.2, 0.25) is 5.91 Å². The number of imidazole rings is 1. The quantitative estimate of drug-likeness (QED) is 0.301. The van der Waals surface area contributed by atoms with Crippen LogP contribution in [-0.4, -0.2) is 28.6 Å². The largest absolute Gasteiger partial charge is 0.493 e. The van der Waals surface area contributed by atoms with Crippen molar-refractivity contribution < 1.29 is 9.53 Å². The van der Waals surface area contributed by atoms with Gasteiger partial charge < -0.3 is 14.2 Å². The molecule has 1 saturated heterocycles. The van der Waals surface area contributed by atoms with Gasteiger partial charge in [-0.3, -0.25) is 4.79 Å². The minimum atomic E-state index is 0.0719. The molecule has 5 heteroatoms. The Bertz CT molecular complexity index is 1280. The summed E-state index contributed by atoms with van der Waals surface area (Å²) >= 11 is 0. The van der Waals surface area contributed by atoms with Crippen LogP contribution in [0.25, 0.3) is 11.0 Å². The van der Waals surface area contributed by atoms with E-state index < -0.39 is 0 Å². The Labute approximate surface area is 201 Å². The molecule has 34 heavy (non-hydrogen) atoms. The second-order valence-corrected chi connectivity index (χ2v) is 9.25. The Morgan fingerprint density at radius 2 is 1.71 bits per heavy atom. The van der Waals surface area contributed by atoms with E-state index in [1.165, 1.54) is 5.56 Å². The number of ether oxygens (including phenoxy) is 1. The molecule has 0 radical (unpaired) electrons. The molecule has 1 aliphatic rings. The predicted octanol–water partition coefficient (Wildman–Crippen LogP) is 6.15. The Hall–Kier alpha value is -3.60. The summed E-state index contributed by atoms with van der Waals surface area (Å²) in [6, 6.07) is 26.4. The summed E-state index contributed by atoms with van der Waals surface area (Å²) in [6.45, 7) is 6.47. The summed E-state index contributed by atoms with van der Waals surface area (Å²) in [7, 11) is 0. The molecule has 174 valence electrons. The molecule has 0 bridgehead atoms. The van der Waals surface area contributed by atoms with Crippen molar-refractivity contribution in [1.29, 1.82) is 0 Å². The second kappa shape index (κ2) is 9.72. The third-order valence-corrected chi connectivity index (χ3v) is 6.57. The Morgan fingerprint density at radius 3 is 2.53 bits per heavy atom. The normalized spacial score (nSPS) is 16.0. The van der Waals surface area contributed by atoms with Crippen LogP contribution in [0.3, 0.4) is 0 Å². The summed E-state index contributed by atoms with van der Waals surface area (Å²) < 4.78 is 8.46. The highest BCUT2D eigenvalue weighted by atomic mass is 16.5. The number of carbonyl (C=O) groups is 1. The van der Waals surface area contributed by atoms with Crippen molar-refractivity contribution in [3.63, 3.8) is 0 Å². The maximum Gasteiger partial charge on any atom is 0.227 e. The molecule has 1 aromatic heterocycles. The molecular formula is C29H31N3O2. The molecule has 0 saturated carbocycles. The standard InChI is InChI=1S/C29H31N3O2/c1-21(2)24-13-6-9-16-27(24)34-18-10-17-31-26-15-8-7-14-25(26)30-29(31)22-19-28(33)32(20-22)23-11-4-3-5-12-23/h3-9,11-16,21-22H,10,17-20H2,1-2H3. The van der Waals surface area contributed by atoms with E-state index in [0.717, 1.165) is 41.3 Å². The summed E-state index contributed by atoms with van der Waals surface area (Å²) in [6.07, 6.45) is 1.35. The van der Waals surface area contributed by atoms with E-state index in [2.05, 4.69) is 54.8 Å². The molecule has 0 N–H and O–H groups in total. The number of fused-ring (bicyclic) bond motifs is 1. The van der Waals surface area contributed by atoms with Gasteiger partial charge >= 0.3 is 0 Å². The van der Waals surface area contributed by atoms with E-state index in [4.69, 9.17) is 9.72 Å². The molecule has 1 aliphatic heterocycles. The molecule has 2 heterocycles. The number of rotatable bonds is 8. The van der Waals surface area contributed by atoms with Gasteiger partial charge in [0.25, 0.3) is 0 Å². The van der Waals surface area contributed by atoms with Crippen LogP contribution in [0.15, 0.2) is 78.9 Å². The number of carbonyl (C=O) groups excluding carboxylic acids is 1. The topological polar surface area (TPSA) is 47.4 Å². The molecule has 5 nitrogen and oxygen atoms in total. The molecule has 3 aromatic carbocycles. The third kappa shape index (κ3) is 4.43. The van der Waals surface area contributed by atoms with Gasteiger partial charge in [-0.05, 0) is 48.2 Å². The maximum absolute atomic E-state index is 12.9. The van der Waals surface area contributed by atoms with Crippen LogP contribution in [0, 0.1) is 0 Å². The molecular weight excluding hydrogens is 422 g/mol.